The predicted molar refractivity (Wildman–Crippen MR) is 57.0 cm³/mol. The summed E-state index contributed by atoms with van der Waals surface area (Å²) in [4.78, 5) is 1.61. The molecule has 0 saturated heterocycles. The Morgan fingerprint density at radius 2 is 2.17 bits per heavy atom. The molecule has 0 amide bonds. The summed E-state index contributed by atoms with van der Waals surface area (Å²) in [6, 6.07) is 2.23. The zero-order valence-corrected chi connectivity index (χ0v) is 9.08. The molecule has 0 spiro atoms. The third-order valence-corrected chi connectivity index (χ3v) is 3.58. The molecule has 1 aromatic heterocycles. The molecule has 0 saturated carbocycles. The number of hydrogen-bond donors (Lipinski definition) is 0. The smallest absolute Gasteiger partial charge is 0.0105 e. The number of aryl methyl sites for hydroxylation is 1. The average Bonchev–Trinajstić information content (AvgIpc) is 2.47. The molecule has 1 aromatic rings. The molecule has 1 rings (SSSR count). The molecule has 1 unspecified atom stereocenters. The summed E-state index contributed by atoms with van der Waals surface area (Å²) in [6.45, 7) is 6.79. The van der Waals surface area contributed by atoms with E-state index in [1.165, 1.54) is 24.8 Å². The fourth-order valence-corrected chi connectivity index (χ4v) is 2.82. The van der Waals surface area contributed by atoms with Gasteiger partial charge in [-0.1, -0.05) is 20.3 Å². The molecular weight excluding hydrogens is 164 g/mol. The third kappa shape index (κ3) is 2.10. The topological polar surface area (TPSA) is 0 Å². The van der Waals surface area contributed by atoms with E-state index < -0.39 is 0 Å². The standard InChI is InChI=1S/C11H18S/c1-4-6-10(5-2)11-9(3)7-8-12-11/h7-8,10H,4-6H2,1-3H3. The monoisotopic (exact) mass is 182 g/mol. The maximum Gasteiger partial charge on any atom is 0.0105 e. The van der Waals surface area contributed by atoms with E-state index in [0.29, 0.717) is 0 Å². The van der Waals surface area contributed by atoms with Crippen molar-refractivity contribution in [2.24, 2.45) is 0 Å². The van der Waals surface area contributed by atoms with Crippen LogP contribution in [0.4, 0.5) is 0 Å². The molecule has 0 aromatic carbocycles. The summed E-state index contributed by atoms with van der Waals surface area (Å²) in [5.41, 5.74) is 1.49. The van der Waals surface area contributed by atoms with Crippen molar-refractivity contribution in [3.8, 4) is 0 Å². The quantitative estimate of drug-likeness (QED) is 0.649. The second kappa shape index (κ2) is 4.66. The maximum atomic E-state index is 2.29. The van der Waals surface area contributed by atoms with E-state index in [-0.39, 0.29) is 0 Å². The van der Waals surface area contributed by atoms with Crippen LogP contribution < -0.4 is 0 Å². The molecule has 0 bridgehead atoms. The van der Waals surface area contributed by atoms with Crippen LogP contribution in [-0.2, 0) is 0 Å². The minimum Gasteiger partial charge on any atom is -0.148 e. The van der Waals surface area contributed by atoms with Gasteiger partial charge in [0, 0.05) is 4.88 Å². The second-order valence-corrected chi connectivity index (χ2v) is 4.31. The molecule has 0 N–H and O–H groups in total. The molecule has 68 valence electrons. The van der Waals surface area contributed by atoms with Crippen molar-refractivity contribution in [1.82, 2.24) is 0 Å². The molecule has 1 atom stereocenters. The van der Waals surface area contributed by atoms with Gasteiger partial charge in [-0.05, 0) is 42.7 Å². The summed E-state index contributed by atoms with van der Waals surface area (Å²) in [5, 5.41) is 2.21. The first kappa shape index (κ1) is 9.79. The summed E-state index contributed by atoms with van der Waals surface area (Å²) >= 11 is 1.92. The molecule has 1 heteroatoms. The van der Waals surface area contributed by atoms with E-state index in [4.69, 9.17) is 0 Å². The first-order chi connectivity index (χ1) is 5.79. The van der Waals surface area contributed by atoms with Crippen LogP contribution in [0.25, 0.3) is 0 Å². The van der Waals surface area contributed by atoms with E-state index in [0.717, 1.165) is 5.92 Å². The van der Waals surface area contributed by atoms with Gasteiger partial charge in [-0.2, -0.15) is 0 Å². The Labute approximate surface area is 79.6 Å². The van der Waals surface area contributed by atoms with Gasteiger partial charge in [0.1, 0.15) is 0 Å². The zero-order chi connectivity index (χ0) is 8.97. The van der Waals surface area contributed by atoms with E-state index in [1.807, 2.05) is 11.3 Å². The molecule has 0 fully saturated rings. The van der Waals surface area contributed by atoms with Crippen LogP contribution in [0.15, 0.2) is 11.4 Å². The molecule has 0 nitrogen and oxygen atoms in total. The Bertz CT molecular complexity index is 225. The molecule has 0 aliphatic carbocycles. The van der Waals surface area contributed by atoms with Crippen LogP contribution in [0.5, 0.6) is 0 Å². The van der Waals surface area contributed by atoms with Gasteiger partial charge in [-0.25, -0.2) is 0 Å². The van der Waals surface area contributed by atoms with Crippen molar-refractivity contribution in [2.75, 3.05) is 0 Å². The second-order valence-electron chi connectivity index (χ2n) is 3.36. The van der Waals surface area contributed by atoms with Crippen LogP contribution in [0.1, 0.15) is 49.5 Å². The zero-order valence-electron chi connectivity index (χ0n) is 8.26. The first-order valence-corrected chi connectivity index (χ1v) is 5.71. The van der Waals surface area contributed by atoms with Gasteiger partial charge < -0.3 is 0 Å². The van der Waals surface area contributed by atoms with Crippen LogP contribution in [0.3, 0.4) is 0 Å². The van der Waals surface area contributed by atoms with E-state index in [1.54, 1.807) is 4.88 Å². The van der Waals surface area contributed by atoms with Gasteiger partial charge in [-0.15, -0.1) is 11.3 Å². The molecule has 12 heavy (non-hydrogen) atoms. The van der Waals surface area contributed by atoms with E-state index in [2.05, 4.69) is 32.2 Å². The van der Waals surface area contributed by atoms with Gasteiger partial charge in [-0.3, -0.25) is 0 Å². The largest absolute Gasteiger partial charge is 0.148 e. The maximum absolute atomic E-state index is 2.29. The Morgan fingerprint density at radius 3 is 2.58 bits per heavy atom. The number of thiophene rings is 1. The highest BCUT2D eigenvalue weighted by atomic mass is 32.1. The van der Waals surface area contributed by atoms with E-state index in [9.17, 15) is 0 Å². The van der Waals surface area contributed by atoms with Crippen molar-refractivity contribution in [3.63, 3.8) is 0 Å². The van der Waals surface area contributed by atoms with Gasteiger partial charge in [0.05, 0.1) is 0 Å². The fourth-order valence-electron chi connectivity index (χ4n) is 1.67. The Balaban J connectivity index is 2.72. The first-order valence-electron chi connectivity index (χ1n) is 4.83. The summed E-state index contributed by atoms with van der Waals surface area (Å²) < 4.78 is 0. The average molecular weight is 182 g/mol. The van der Waals surface area contributed by atoms with Gasteiger partial charge in [0.15, 0.2) is 0 Å². The lowest BCUT2D eigenvalue weighted by Gasteiger charge is -2.12. The Morgan fingerprint density at radius 1 is 1.42 bits per heavy atom. The van der Waals surface area contributed by atoms with Crippen LogP contribution in [-0.4, -0.2) is 0 Å². The van der Waals surface area contributed by atoms with Crippen molar-refractivity contribution < 1.29 is 0 Å². The number of rotatable bonds is 4. The summed E-state index contributed by atoms with van der Waals surface area (Å²) in [6.07, 6.45) is 3.93. The fraction of sp³-hybridized carbons (Fsp3) is 0.636. The summed E-state index contributed by atoms with van der Waals surface area (Å²) in [5.74, 6) is 0.815. The van der Waals surface area contributed by atoms with Gasteiger partial charge in [0.25, 0.3) is 0 Å². The van der Waals surface area contributed by atoms with Crippen molar-refractivity contribution in [2.45, 2.75) is 46.0 Å². The van der Waals surface area contributed by atoms with Crippen LogP contribution in [0.2, 0.25) is 0 Å². The highest BCUT2D eigenvalue weighted by molar-refractivity contribution is 7.10. The molecule has 0 aliphatic heterocycles. The van der Waals surface area contributed by atoms with Crippen molar-refractivity contribution in [1.29, 1.82) is 0 Å². The van der Waals surface area contributed by atoms with E-state index >= 15 is 0 Å². The minimum absolute atomic E-state index is 0.815. The predicted octanol–water partition coefficient (Wildman–Crippen LogP) is 4.35. The third-order valence-electron chi connectivity index (χ3n) is 2.40. The molecule has 0 aliphatic rings. The molecule has 1 heterocycles. The van der Waals surface area contributed by atoms with Gasteiger partial charge in [0.2, 0.25) is 0 Å². The van der Waals surface area contributed by atoms with Crippen molar-refractivity contribution in [3.05, 3.63) is 21.9 Å². The highest BCUT2D eigenvalue weighted by Gasteiger charge is 2.11. The minimum atomic E-state index is 0.815. The highest BCUT2D eigenvalue weighted by Crippen LogP contribution is 2.31. The van der Waals surface area contributed by atoms with Crippen LogP contribution in [0, 0.1) is 6.92 Å². The SMILES string of the molecule is CCCC(CC)c1sccc1C. The summed E-state index contributed by atoms with van der Waals surface area (Å²) in [7, 11) is 0. The Kier molecular flexibility index (Phi) is 3.80. The van der Waals surface area contributed by atoms with Crippen LogP contribution >= 0.6 is 11.3 Å². The number of hydrogen-bond acceptors (Lipinski definition) is 1. The van der Waals surface area contributed by atoms with Crippen molar-refractivity contribution >= 4 is 11.3 Å². The molecular formula is C11H18S. The lowest BCUT2D eigenvalue weighted by Crippen LogP contribution is -1.95. The molecule has 0 radical (unpaired) electrons. The lowest BCUT2D eigenvalue weighted by atomic mass is 9.97. The van der Waals surface area contributed by atoms with Gasteiger partial charge >= 0.3 is 0 Å². The lowest BCUT2D eigenvalue weighted by molar-refractivity contribution is 0.602. The normalized spacial score (nSPS) is 13.2. The Hall–Kier alpha value is -0.300.